The van der Waals surface area contributed by atoms with E-state index < -0.39 is 0 Å². The van der Waals surface area contributed by atoms with E-state index in [1.165, 1.54) is 16.0 Å². The molecule has 20 heavy (non-hydrogen) atoms. The van der Waals surface area contributed by atoms with Crippen LogP contribution < -0.4 is 5.32 Å². The van der Waals surface area contributed by atoms with Gasteiger partial charge in [-0.2, -0.15) is 0 Å². The highest BCUT2D eigenvalue weighted by molar-refractivity contribution is 7.09. The predicted octanol–water partition coefficient (Wildman–Crippen LogP) is 4.23. The van der Waals surface area contributed by atoms with Crippen LogP contribution in [0.1, 0.15) is 21.8 Å². The summed E-state index contributed by atoms with van der Waals surface area (Å²) in [7, 11) is 0. The number of anilines is 1. The number of hydrogen-bond donors (Lipinski definition) is 1. The largest absolute Gasteiger partial charge is 0.365 e. The maximum absolute atomic E-state index is 4.55. The molecule has 0 aliphatic rings. The molecule has 2 heterocycles. The summed E-state index contributed by atoms with van der Waals surface area (Å²) in [6.07, 6.45) is 0. The van der Waals surface area contributed by atoms with E-state index in [-0.39, 0.29) is 0 Å². The first-order valence-electron chi connectivity index (χ1n) is 6.65. The predicted molar refractivity (Wildman–Crippen MR) is 85.4 cm³/mol. The van der Waals surface area contributed by atoms with E-state index >= 15 is 0 Å². The van der Waals surface area contributed by atoms with Crippen LogP contribution in [0.25, 0.3) is 10.9 Å². The summed E-state index contributed by atoms with van der Waals surface area (Å²) in [5, 5.41) is 6.62. The fraction of sp³-hybridized carbons (Fsp3) is 0.250. The SMILES string of the molecule is Cc1nc(NCc2cccs2)c2cc(C)c(C)cc2n1. The Hall–Kier alpha value is -1.94. The Kier molecular flexibility index (Phi) is 3.40. The van der Waals surface area contributed by atoms with Gasteiger partial charge in [-0.3, -0.25) is 0 Å². The van der Waals surface area contributed by atoms with Gasteiger partial charge in [0.25, 0.3) is 0 Å². The number of nitrogens with one attached hydrogen (secondary N) is 1. The molecule has 0 radical (unpaired) electrons. The van der Waals surface area contributed by atoms with E-state index in [1.807, 2.05) is 6.92 Å². The fourth-order valence-electron chi connectivity index (χ4n) is 2.22. The molecule has 1 aromatic carbocycles. The van der Waals surface area contributed by atoms with Crippen LogP contribution in [-0.2, 0) is 6.54 Å². The second kappa shape index (κ2) is 5.21. The molecule has 0 saturated carbocycles. The van der Waals surface area contributed by atoms with Crippen LogP contribution in [0.15, 0.2) is 29.6 Å². The third-order valence-electron chi connectivity index (χ3n) is 3.43. The standard InChI is InChI=1S/C16H17N3S/c1-10-7-14-15(8-11(10)2)18-12(3)19-16(14)17-9-13-5-4-6-20-13/h4-8H,9H2,1-3H3,(H,17,18,19). The molecule has 0 aliphatic heterocycles. The summed E-state index contributed by atoms with van der Waals surface area (Å²) in [5.74, 6) is 1.72. The van der Waals surface area contributed by atoms with Crippen molar-refractivity contribution in [2.24, 2.45) is 0 Å². The summed E-state index contributed by atoms with van der Waals surface area (Å²) in [5.41, 5.74) is 3.54. The van der Waals surface area contributed by atoms with Crippen molar-refractivity contribution in [1.29, 1.82) is 0 Å². The fourth-order valence-corrected chi connectivity index (χ4v) is 2.87. The molecule has 0 aliphatic carbocycles. The highest BCUT2D eigenvalue weighted by Gasteiger charge is 2.08. The van der Waals surface area contributed by atoms with Gasteiger partial charge >= 0.3 is 0 Å². The van der Waals surface area contributed by atoms with Gasteiger partial charge in [0.05, 0.1) is 12.1 Å². The number of hydrogen-bond acceptors (Lipinski definition) is 4. The molecule has 0 fully saturated rings. The third kappa shape index (κ3) is 2.51. The third-order valence-corrected chi connectivity index (χ3v) is 4.31. The molecule has 0 bridgehead atoms. The summed E-state index contributed by atoms with van der Waals surface area (Å²) in [4.78, 5) is 10.4. The molecule has 0 amide bonds. The zero-order valence-corrected chi connectivity index (χ0v) is 12.7. The normalized spacial score (nSPS) is 10.9. The zero-order valence-electron chi connectivity index (χ0n) is 11.9. The van der Waals surface area contributed by atoms with Crippen LogP contribution in [0.2, 0.25) is 0 Å². The Morgan fingerprint density at radius 1 is 1.10 bits per heavy atom. The minimum absolute atomic E-state index is 0.800. The van der Waals surface area contributed by atoms with E-state index in [0.717, 1.165) is 29.1 Å². The minimum atomic E-state index is 0.800. The lowest BCUT2D eigenvalue weighted by molar-refractivity contribution is 1.06. The molecule has 0 saturated heterocycles. The van der Waals surface area contributed by atoms with E-state index in [9.17, 15) is 0 Å². The average molecular weight is 283 g/mol. The average Bonchev–Trinajstić information content (AvgIpc) is 2.91. The Labute approximate surface area is 122 Å². The molecule has 2 aromatic heterocycles. The number of benzene rings is 1. The zero-order chi connectivity index (χ0) is 14.1. The molecule has 3 aromatic rings. The minimum Gasteiger partial charge on any atom is -0.365 e. The van der Waals surface area contributed by atoms with Gasteiger partial charge < -0.3 is 5.32 Å². The first-order valence-corrected chi connectivity index (χ1v) is 7.53. The van der Waals surface area contributed by atoms with Crippen molar-refractivity contribution in [3.8, 4) is 0 Å². The van der Waals surface area contributed by atoms with E-state index in [1.54, 1.807) is 11.3 Å². The summed E-state index contributed by atoms with van der Waals surface area (Å²) in [6, 6.07) is 8.50. The molecule has 0 spiro atoms. The lowest BCUT2D eigenvalue weighted by Crippen LogP contribution is -2.03. The molecule has 102 valence electrons. The van der Waals surface area contributed by atoms with Crippen LogP contribution in [0, 0.1) is 20.8 Å². The number of aromatic nitrogens is 2. The van der Waals surface area contributed by atoms with Crippen LogP contribution in [-0.4, -0.2) is 9.97 Å². The molecule has 3 nitrogen and oxygen atoms in total. The van der Waals surface area contributed by atoms with Gasteiger partial charge in [-0.1, -0.05) is 6.07 Å². The quantitative estimate of drug-likeness (QED) is 0.781. The van der Waals surface area contributed by atoms with Crippen LogP contribution in [0.3, 0.4) is 0 Å². The maximum atomic E-state index is 4.55. The van der Waals surface area contributed by atoms with Gasteiger partial charge in [0.1, 0.15) is 11.6 Å². The van der Waals surface area contributed by atoms with Crippen molar-refractivity contribution in [3.05, 3.63) is 51.5 Å². The highest BCUT2D eigenvalue weighted by Crippen LogP contribution is 2.24. The Morgan fingerprint density at radius 3 is 2.65 bits per heavy atom. The van der Waals surface area contributed by atoms with Crippen molar-refractivity contribution in [2.45, 2.75) is 27.3 Å². The van der Waals surface area contributed by atoms with Crippen LogP contribution in [0.4, 0.5) is 5.82 Å². The van der Waals surface area contributed by atoms with Gasteiger partial charge in [-0.05, 0) is 55.5 Å². The molecule has 0 atom stereocenters. The van der Waals surface area contributed by atoms with E-state index in [4.69, 9.17) is 0 Å². The number of fused-ring (bicyclic) bond motifs is 1. The smallest absolute Gasteiger partial charge is 0.137 e. The van der Waals surface area contributed by atoms with Crippen molar-refractivity contribution >= 4 is 28.1 Å². The molecule has 1 N–H and O–H groups in total. The summed E-state index contributed by atoms with van der Waals surface area (Å²) in [6.45, 7) is 6.98. The topological polar surface area (TPSA) is 37.8 Å². The van der Waals surface area contributed by atoms with Gasteiger partial charge in [0.2, 0.25) is 0 Å². The lowest BCUT2D eigenvalue weighted by Gasteiger charge is -2.11. The molecule has 3 rings (SSSR count). The molecule has 4 heteroatoms. The van der Waals surface area contributed by atoms with Gasteiger partial charge in [-0.15, -0.1) is 11.3 Å². The molecule has 0 unspecified atom stereocenters. The highest BCUT2D eigenvalue weighted by atomic mass is 32.1. The van der Waals surface area contributed by atoms with Gasteiger partial charge in [0, 0.05) is 10.3 Å². The summed E-state index contributed by atoms with van der Waals surface area (Å²) >= 11 is 1.75. The first-order chi connectivity index (χ1) is 9.63. The van der Waals surface area contributed by atoms with Crippen LogP contribution in [0.5, 0.6) is 0 Å². The second-order valence-electron chi connectivity index (χ2n) is 5.01. The Morgan fingerprint density at radius 2 is 1.90 bits per heavy atom. The lowest BCUT2D eigenvalue weighted by atomic mass is 10.1. The van der Waals surface area contributed by atoms with Crippen molar-refractivity contribution in [3.63, 3.8) is 0 Å². The molecular weight excluding hydrogens is 266 g/mol. The van der Waals surface area contributed by atoms with E-state index in [2.05, 4.69) is 58.8 Å². The van der Waals surface area contributed by atoms with Crippen LogP contribution >= 0.6 is 11.3 Å². The Balaban J connectivity index is 2.02. The van der Waals surface area contributed by atoms with Gasteiger partial charge in [-0.25, -0.2) is 9.97 Å². The maximum Gasteiger partial charge on any atom is 0.137 e. The Bertz CT molecular complexity index is 748. The second-order valence-corrected chi connectivity index (χ2v) is 6.04. The first kappa shape index (κ1) is 13.1. The number of nitrogens with zero attached hydrogens (tertiary/aromatic N) is 2. The molecular formula is C16H17N3S. The van der Waals surface area contributed by atoms with Crippen molar-refractivity contribution < 1.29 is 0 Å². The van der Waals surface area contributed by atoms with Crippen molar-refractivity contribution in [1.82, 2.24) is 9.97 Å². The number of thiophene rings is 1. The summed E-state index contributed by atoms with van der Waals surface area (Å²) < 4.78 is 0. The van der Waals surface area contributed by atoms with Gasteiger partial charge in [0.15, 0.2) is 0 Å². The number of aryl methyl sites for hydroxylation is 3. The monoisotopic (exact) mass is 283 g/mol. The number of rotatable bonds is 3. The van der Waals surface area contributed by atoms with E-state index in [0.29, 0.717) is 0 Å². The van der Waals surface area contributed by atoms with Crippen molar-refractivity contribution in [2.75, 3.05) is 5.32 Å².